The van der Waals surface area contributed by atoms with Crippen molar-refractivity contribution in [3.63, 3.8) is 0 Å². The Balaban J connectivity index is 1.72. The van der Waals surface area contributed by atoms with E-state index in [0.29, 0.717) is 6.04 Å². The van der Waals surface area contributed by atoms with E-state index in [0.717, 1.165) is 22.5 Å². The van der Waals surface area contributed by atoms with E-state index in [4.69, 9.17) is 0 Å². The summed E-state index contributed by atoms with van der Waals surface area (Å²) in [5.41, 5.74) is 1.11. The lowest BCUT2D eigenvalue weighted by atomic mass is 9.96. The van der Waals surface area contributed by atoms with Crippen molar-refractivity contribution < 1.29 is 4.39 Å². The summed E-state index contributed by atoms with van der Waals surface area (Å²) >= 11 is 5.28. The second-order valence-corrected chi connectivity index (χ2v) is 7.49. The molecule has 112 valence electrons. The van der Waals surface area contributed by atoms with Crippen LogP contribution in [0.2, 0.25) is 0 Å². The minimum Gasteiger partial charge on any atom is -0.305 e. The average molecular weight is 368 g/mol. The predicted molar refractivity (Wildman–Crippen MR) is 90.0 cm³/mol. The number of thiophene rings is 1. The van der Waals surface area contributed by atoms with Crippen molar-refractivity contribution in [2.75, 3.05) is 0 Å². The summed E-state index contributed by atoms with van der Waals surface area (Å²) in [5.74, 6) is 0.527. The number of rotatable bonds is 5. The standard InChI is InChI=1S/C17H19BrFNS/c18-15-10-14(19)8-7-13(15)11-20-17(12-4-1-2-5-12)16-6-3-9-21-16/h3,6-10,12,17,20H,1-2,4-5,11H2. The molecule has 3 rings (SSSR count). The first-order valence-corrected chi connectivity index (χ1v) is 9.12. The molecule has 0 spiro atoms. The third-order valence-electron chi connectivity index (χ3n) is 4.25. The Hall–Kier alpha value is -0.710. The van der Waals surface area contributed by atoms with Gasteiger partial charge in [-0.3, -0.25) is 0 Å². The molecule has 1 heterocycles. The molecule has 0 amide bonds. The molecule has 1 aliphatic rings. The molecule has 4 heteroatoms. The number of halogens is 2. The van der Waals surface area contributed by atoms with Gasteiger partial charge in [-0.15, -0.1) is 11.3 Å². The van der Waals surface area contributed by atoms with Crippen LogP contribution in [-0.2, 0) is 6.54 Å². The molecule has 1 aromatic heterocycles. The van der Waals surface area contributed by atoms with Crippen LogP contribution in [0.5, 0.6) is 0 Å². The van der Waals surface area contributed by atoms with Crippen LogP contribution in [0.3, 0.4) is 0 Å². The first-order valence-electron chi connectivity index (χ1n) is 7.45. The Labute approximate surface area is 137 Å². The van der Waals surface area contributed by atoms with Gasteiger partial charge in [0.2, 0.25) is 0 Å². The fourth-order valence-electron chi connectivity index (χ4n) is 3.14. The number of hydrogen-bond donors (Lipinski definition) is 1. The van der Waals surface area contributed by atoms with Crippen LogP contribution in [0.25, 0.3) is 0 Å². The van der Waals surface area contributed by atoms with Crippen LogP contribution >= 0.6 is 27.3 Å². The van der Waals surface area contributed by atoms with Crippen molar-refractivity contribution in [3.05, 3.63) is 56.4 Å². The highest BCUT2D eigenvalue weighted by Gasteiger charge is 2.26. The normalized spacial score (nSPS) is 17.2. The summed E-state index contributed by atoms with van der Waals surface area (Å²) < 4.78 is 14.0. The van der Waals surface area contributed by atoms with Crippen molar-refractivity contribution in [1.29, 1.82) is 0 Å². The maximum absolute atomic E-state index is 13.2. The molecule has 1 aromatic carbocycles. The number of benzene rings is 1. The molecule has 1 fully saturated rings. The smallest absolute Gasteiger partial charge is 0.124 e. The van der Waals surface area contributed by atoms with Crippen LogP contribution < -0.4 is 5.32 Å². The molecular formula is C17H19BrFNS. The van der Waals surface area contributed by atoms with Gasteiger partial charge in [0, 0.05) is 21.9 Å². The van der Waals surface area contributed by atoms with Gasteiger partial charge >= 0.3 is 0 Å². The van der Waals surface area contributed by atoms with Gasteiger partial charge in [0.05, 0.1) is 0 Å². The zero-order chi connectivity index (χ0) is 14.7. The molecule has 1 atom stereocenters. The lowest BCUT2D eigenvalue weighted by Crippen LogP contribution is -2.26. The van der Waals surface area contributed by atoms with Crippen molar-refractivity contribution in [3.8, 4) is 0 Å². The number of hydrogen-bond acceptors (Lipinski definition) is 2. The molecule has 0 bridgehead atoms. The van der Waals surface area contributed by atoms with E-state index < -0.39 is 0 Å². The minimum atomic E-state index is -0.198. The Bertz CT molecular complexity index is 578. The summed E-state index contributed by atoms with van der Waals surface area (Å²) in [5, 5.41) is 5.84. The molecule has 1 N–H and O–H groups in total. The van der Waals surface area contributed by atoms with E-state index in [1.807, 2.05) is 17.4 Å². The Kier molecular flexibility index (Phi) is 5.09. The van der Waals surface area contributed by atoms with Gasteiger partial charge in [-0.05, 0) is 47.9 Å². The summed E-state index contributed by atoms with van der Waals surface area (Å²) in [7, 11) is 0. The second-order valence-electron chi connectivity index (χ2n) is 5.65. The Morgan fingerprint density at radius 3 is 2.76 bits per heavy atom. The minimum absolute atomic E-state index is 0.198. The van der Waals surface area contributed by atoms with Crippen LogP contribution in [0.4, 0.5) is 4.39 Å². The molecule has 1 nitrogen and oxygen atoms in total. The second kappa shape index (κ2) is 7.03. The highest BCUT2D eigenvalue weighted by atomic mass is 79.9. The van der Waals surface area contributed by atoms with Crippen molar-refractivity contribution in [2.24, 2.45) is 5.92 Å². The zero-order valence-corrected chi connectivity index (χ0v) is 14.2. The molecule has 2 aromatic rings. The molecule has 0 saturated heterocycles. The van der Waals surface area contributed by atoms with Crippen molar-refractivity contribution >= 4 is 27.3 Å². The largest absolute Gasteiger partial charge is 0.305 e. The van der Waals surface area contributed by atoms with E-state index in [-0.39, 0.29) is 5.82 Å². The summed E-state index contributed by atoms with van der Waals surface area (Å²) in [4.78, 5) is 1.42. The highest BCUT2D eigenvalue weighted by molar-refractivity contribution is 9.10. The Morgan fingerprint density at radius 2 is 2.10 bits per heavy atom. The van der Waals surface area contributed by atoms with Gasteiger partial charge in [0.15, 0.2) is 0 Å². The van der Waals surface area contributed by atoms with E-state index in [1.54, 1.807) is 0 Å². The lowest BCUT2D eigenvalue weighted by Gasteiger charge is -2.24. The van der Waals surface area contributed by atoms with E-state index in [2.05, 4.69) is 38.8 Å². The van der Waals surface area contributed by atoms with Gasteiger partial charge in [0.1, 0.15) is 5.82 Å². The van der Waals surface area contributed by atoms with Gasteiger partial charge in [0.25, 0.3) is 0 Å². The zero-order valence-electron chi connectivity index (χ0n) is 11.8. The fraction of sp³-hybridized carbons (Fsp3) is 0.412. The van der Waals surface area contributed by atoms with Crippen LogP contribution in [0.1, 0.15) is 42.2 Å². The molecule has 1 aliphatic carbocycles. The van der Waals surface area contributed by atoms with Crippen LogP contribution in [-0.4, -0.2) is 0 Å². The molecular weight excluding hydrogens is 349 g/mol. The number of nitrogens with one attached hydrogen (secondary N) is 1. The predicted octanol–water partition coefficient (Wildman–Crippen LogP) is 5.67. The van der Waals surface area contributed by atoms with Gasteiger partial charge in [-0.25, -0.2) is 4.39 Å². The van der Waals surface area contributed by atoms with E-state index in [9.17, 15) is 4.39 Å². The SMILES string of the molecule is Fc1ccc(CNC(c2cccs2)C2CCCC2)c(Br)c1. The summed E-state index contributed by atoms with van der Waals surface area (Å²) in [6.45, 7) is 0.764. The van der Waals surface area contributed by atoms with Crippen LogP contribution in [0.15, 0.2) is 40.2 Å². The van der Waals surface area contributed by atoms with E-state index >= 15 is 0 Å². The quantitative estimate of drug-likeness (QED) is 0.717. The highest BCUT2D eigenvalue weighted by Crippen LogP contribution is 2.37. The summed E-state index contributed by atoms with van der Waals surface area (Å²) in [6, 6.07) is 9.68. The van der Waals surface area contributed by atoms with Gasteiger partial charge in [-0.1, -0.05) is 40.9 Å². The molecule has 0 aliphatic heterocycles. The molecule has 1 unspecified atom stereocenters. The Morgan fingerprint density at radius 1 is 1.29 bits per heavy atom. The topological polar surface area (TPSA) is 12.0 Å². The lowest BCUT2D eigenvalue weighted by molar-refractivity contribution is 0.370. The maximum atomic E-state index is 13.2. The summed E-state index contributed by atoms with van der Waals surface area (Å²) in [6.07, 6.45) is 5.29. The first kappa shape index (κ1) is 15.2. The van der Waals surface area contributed by atoms with Gasteiger partial charge < -0.3 is 5.32 Å². The third-order valence-corrected chi connectivity index (χ3v) is 5.94. The van der Waals surface area contributed by atoms with Gasteiger partial charge in [-0.2, -0.15) is 0 Å². The monoisotopic (exact) mass is 367 g/mol. The van der Waals surface area contributed by atoms with Crippen molar-refractivity contribution in [1.82, 2.24) is 5.32 Å². The maximum Gasteiger partial charge on any atom is 0.124 e. The molecule has 1 saturated carbocycles. The van der Waals surface area contributed by atoms with Crippen LogP contribution in [0, 0.1) is 11.7 Å². The molecule has 0 radical (unpaired) electrons. The van der Waals surface area contributed by atoms with Crippen molar-refractivity contribution in [2.45, 2.75) is 38.3 Å². The molecule has 21 heavy (non-hydrogen) atoms. The fourth-order valence-corrected chi connectivity index (χ4v) is 4.53. The third kappa shape index (κ3) is 3.74. The first-order chi connectivity index (χ1) is 10.2. The van der Waals surface area contributed by atoms with E-state index in [1.165, 1.54) is 42.7 Å². The average Bonchev–Trinajstić information content (AvgIpc) is 3.14.